The summed E-state index contributed by atoms with van der Waals surface area (Å²) in [5.74, 6) is -0.190. The standard InChI is InChI=1S/C15H14N6O2S/c1-2-17-13(22)10-7-8-11(19-15(16)20-14(8)24-10)12(21-23)9-5-3-4-6-18-9/h3-7,12H,2H2,1H3,(H,17,22)(H2,16,19,20). The molecule has 0 spiro atoms. The number of carbonyl (C=O) groups is 1. The summed E-state index contributed by atoms with van der Waals surface area (Å²) in [6.07, 6.45) is 1.57. The lowest BCUT2D eigenvalue weighted by Gasteiger charge is -2.09. The molecule has 122 valence electrons. The van der Waals surface area contributed by atoms with Crippen LogP contribution in [0.25, 0.3) is 10.2 Å². The second-order valence-electron chi connectivity index (χ2n) is 4.92. The number of aromatic nitrogens is 3. The van der Waals surface area contributed by atoms with Crippen molar-refractivity contribution in [3.8, 4) is 0 Å². The van der Waals surface area contributed by atoms with Crippen molar-refractivity contribution >= 4 is 33.4 Å². The third-order valence-electron chi connectivity index (χ3n) is 3.33. The van der Waals surface area contributed by atoms with E-state index in [1.807, 2.05) is 6.92 Å². The van der Waals surface area contributed by atoms with Gasteiger partial charge in [0, 0.05) is 18.1 Å². The summed E-state index contributed by atoms with van der Waals surface area (Å²) in [7, 11) is 0. The van der Waals surface area contributed by atoms with Gasteiger partial charge in [-0.3, -0.25) is 9.78 Å². The quantitative estimate of drug-likeness (QED) is 0.686. The second-order valence-corrected chi connectivity index (χ2v) is 5.95. The van der Waals surface area contributed by atoms with Gasteiger partial charge in [-0.25, -0.2) is 9.97 Å². The third-order valence-corrected chi connectivity index (χ3v) is 4.36. The first-order valence-corrected chi connectivity index (χ1v) is 8.04. The maximum Gasteiger partial charge on any atom is 0.261 e. The molecule has 0 aliphatic heterocycles. The Bertz CT molecular complexity index is 896. The topological polar surface area (TPSA) is 123 Å². The number of pyridine rings is 1. The summed E-state index contributed by atoms with van der Waals surface area (Å²) in [6, 6.07) is 5.92. The van der Waals surface area contributed by atoms with Crippen molar-refractivity contribution < 1.29 is 4.79 Å². The highest BCUT2D eigenvalue weighted by atomic mass is 32.1. The van der Waals surface area contributed by atoms with Crippen LogP contribution in [-0.4, -0.2) is 27.4 Å². The summed E-state index contributed by atoms with van der Waals surface area (Å²) in [6.45, 7) is 2.35. The summed E-state index contributed by atoms with van der Waals surface area (Å²) >= 11 is 1.19. The second kappa shape index (κ2) is 6.67. The SMILES string of the molecule is CCNC(=O)c1cc2c(C(N=O)c3ccccn3)nc(N)nc2s1. The zero-order chi connectivity index (χ0) is 17.1. The van der Waals surface area contributed by atoms with Crippen LogP contribution in [0.4, 0.5) is 5.95 Å². The van der Waals surface area contributed by atoms with E-state index in [-0.39, 0.29) is 11.9 Å². The maximum absolute atomic E-state index is 12.0. The van der Waals surface area contributed by atoms with Crippen molar-refractivity contribution in [2.75, 3.05) is 12.3 Å². The Kier molecular flexibility index (Phi) is 4.43. The normalized spacial score (nSPS) is 12.0. The largest absolute Gasteiger partial charge is 0.368 e. The molecule has 0 bridgehead atoms. The molecular formula is C15H14N6O2S. The van der Waals surface area contributed by atoms with E-state index in [2.05, 4.69) is 25.4 Å². The molecule has 0 fully saturated rings. The minimum Gasteiger partial charge on any atom is -0.368 e. The van der Waals surface area contributed by atoms with Crippen molar-refractivity contribution in [1.29, 1.82) is 0 Å². The average molecular weight is 342 g/mol. The summed E-state index contributed by atoms with van der Waals surface area (Å²) in [5.41, 5.74) is 6.56. The van der Waals surface area contributed by atoms with Crippen LogP contribution in [0.3, 0.4) is 0 Å². The number of thiophene rings is 1. The number of rotatable bonds is 5. The van der Waals surface area contributed by atoms with E-state index in [9.17, 15) is 9.70 Å². The van der Waals surface area contributed by atoms with Gasteiger partial charge in [-0.1, -0.05) is 11.2 Å². The Morgan fingerprint density at radius 3 is 2.92 bits per heavy atom. The van der Waals surface area contributed by atoms with Crippen molar-refractivity contribution in [2.45, 2.75) is 13.0 Å². The number of nitrogens with two attached hydrogens (primary N) is 1. The minimum atomic E-state index is -0.921. The van der Waals surface area contributed by atoms with Gasteiger partial charge in [0.2, 0.25) is 5.95 Å². The first-order chi connectivity index (χ1) is 11.6. The highest BCUT2D eigenvalue weighted by Crippen LogP contribution is 2.33. The molecule has 0 saturated carbocycles. The highest BCUT2D eigenvalue weighted by molar-refractivity contribution is 7.20. The van der Waals surface area contributed by atoms with Crippen molar-refractivity contribution in [3.05, 3.63) is 51.6 Å². The van der Waals surface area contributed by atoms with E-state index in [1.54, 1.807) is 30.5 Å². The van der Waals surface area contributed by atoms with E-state index < -0.39 is 6.04 Å². The zero-order valence-electron chi connectivity index (χ0n) is 12.8. The number of amides is 1. The Labute approximate surface area is 141 Å². The van der Waals surface area contributed by atoms with E-state index in [1.165, 1.54) is 11.3 Å². The Balaban J connectivity index is 2.16. The molecule has 1 amide bonds. The number of anilines is 1. The summed E-state index contributed by atoms with van der Waals surface area (Å²) < 4.78 is 0. The van der Waals surface area contributed by atoms with Crippen LogP contribution in [-0.2, 0) is 0 Å². The smallest absolute Gasteiger partial charge is 0.261 e. The number of nitroso groups, excluding NO2 is 1. The van der Waals surface area contributed by atoms with Gasteiger partial charge >= 0.3 is 0 Å². The van der Waals surface area contributed by atoms with Gasteiger partial charge in [0.05, 0.1) is 16.3 Å². The van der Waals surface area contributed by atoms with Crippen LogP contribution in [0.5, 0.6) is 0 Å². The number of nitrogen functional groups attached to an aromatic ring is 1. The fraction of sp³-hybridized carbons (Fsp3) is 0.200. The molecule has 0 radical (unpaired) electrons. The molecule has 3 rings (SSSR count). The fourth-order valence-electron chi connectivity index (χ4n) is 2.31. The van der Waals surface area contributed by atoms with E-state index >= 15 is 0 Å². The first-order valence-electron chi connectivity index (χ1n) is 7.22. The van der Waals surface area contributed by atoms with E-state index in [0.29, 0.717) is 33.0 Å². The van der Waals surface area contributed by atoms with Crippen molar-refractivity contribution in [1.82, 2.24) is 20.3 Å². The van der Waals surface area contributed by atoms with Gasteiger partial charge < -0.3 is 11.1 Å². The fourth-order valence-corrected chi connectivity index (χ4v) is 3.27. The first kappa shape index (κ1) is 15.9. The molecule has 24 heavy (non-hydrogen) atoms. The maximum atomic E-state index is 12.0. The summed E-state index contributed by atoms with van der Waals surface area (Å²) in [5, 5.41) is 6.46. The monoisotopic (exact) mass is 342 g/mol. The molecule has 9 heteroatoms. The number of nitrogens with zero attached hydrogens (tertiary/aromatic N) is 4. The molecule has 3 aromatic heterocycles. The molecule has 0 saturated heterocycles. The van der Waals surface area contributed by atoms with Gasteiger partial charge in [-0.15, -0.1) is 16.2 Å². The Hall–Kier alpha value is -2.94. The number of carbonyl (C=O) groups excluding carboxylic acids is 1. The molecule has 1 atom stereocenters. The lowest BCUT2D eigenvalue weighted by atomic mass is 10.1. The predicted molar refractivity (Wildman–Crippen MR) is 91.7 cm³/mol. The Morgan fingerprint density at radius 2 is 2.25 bits per heavy atom. The van der Waals surface area contributed by atoms with Gasteiger partial charge in [-0.2, -0.15) is 0 Å². The highest BCUT2D eigenvalue weighted by Gasteiger charge is 2.24. The van der Waals surface area contributed by atoms with Crippen LogP contribution in [0, 0.1) is 4.91 Å². The van der Waals surface area contributed by atoms with Gasteiger partial charge in [0.15, 0.2) is 6.04 Å². The van der Waals surface area contributed by atoms with Crippen molar-refractivity contribution in [3.63, 3.8) is 0 Å². The number of hydrogen-bond donors (Lipinski definition) is 2. The lowest BCUT2D eigenvalue weighted by Crippen LogP contribution is -2.21. The molecule has 3 aromatic rings. The third kappa shape index (κ3) is 2.93. The van der Waals surface area contributed by atoms with Gasteiger partial charge in [0.25, 0.3) is 5.91 Å². The molecule has 3 N–H and O–H groups in total. The number of fused-ring (bicyclic) bond motifs is 1. The van der Waals surface area contributed by atoms with Crippen LogP contribution in [0.2, 0.25) is 0 Å². The molecule has 0 aromatic carbocycles. The van der Waals surface area contributed by atoms with Gasteiger partial charge in [-0.05, 0) is 25.1 Å². The van der Waals surface area contributed by atoms with Crippen LogP contribution in [0.15, 0.2) is 35.6 Å². The van der Waals surface area contributed by atoms with Gasteiger partial charge in [0.1, 0.15) is 4.83 Å². The van der Waals surface area contributed by atoms with Crippen LogP contribution >= 0.6 is 11.3 Å². The molecule has 1 unspecified atom stereocenters. The summed E-state index contributed by atoms with van der Waals surface area (Å²) in [4.78, 5) is 37.0. The van der Waals surface area contributed by atoms with Crippen molar-refractivity contribution in [2.24, 2.45) is 5.18 Å². The zero-order valence-corrected chi connectivity index (χ0v) is 13.6. The number of nitrogens with one attached hydrogen (secondary N) is 1. The lowest BCUT2D eigenvalue weighted by molar-refractivity contribution is 0.0960. The van der Waals surface area contributed by atoms with Crippen LogP contribution < -0.4 is 11.1 Å². The molecule has 3 heterocycles. The molecule has 8 nitrogen and oxygen atoms in total. The molecular weight excluding hydrogens is 328 g/mol. The van der Waals surface area contributed by atoms with E-state index in [4.69, 9.17) is 5.73 Å². The van der Waals surface area contributed by atoms with Crippen LogP contribution in [0.1, 0.15) is 34.0 Å². The molecule has 0 aliphatic carbocycles. The average Bonchev–Trinajstić information content (AvgIpc) is 3.01. The number of hydrogen-bond acceptors (Lipinski definition) is 8. The van der Waals surface area contributed by atoms with E-state index in [0.717, 1.165) is 0 Å². The molecule has 0 aliphatic rings. The minimum absolute atomic E-state index is 0.0198. The predicted octanol–water partition coefficient (Wildman–Crippen LogP) is 2.27. The Morgan fingerprint density at radius 1 is 1.42 bits per heavy atom.